The molecule has 0 unspecified atom stereocenters. The molecule has 0 saturated carbocycles. The fraction of sp³-hybridized carbons (Fsp3) is 0.200. The maximum atomic E-state index is 12.5. The van der Waals surface area contributed by atoms with Gasteiger partial charge in [-0.3, -0.25) is 9.59 Å². The highest BCUT2D eigenvalue weighted by molar-refractivity contribution is 5.97. The van der Waals surface area contributed by atoms with Gasteiger partial charge < -0.3 is 24.5 Å². The first-order valence-electron chi connectivity index (χ1n) is 8.26. The molecule has 2 aromatic carbocycles. The van der Waals surface area contributed by atoms with E-state index in [1.54, 1.807) is 24.3 Å². The molecule has 0 aliphatic carbocycles. The number of rotatable bonds is 6. The third-order valence-electron chi connectivity index (χ3n) is 4.18. The van der Waals surface area contributed by atoms with Crippen LogP contribution >= 0.6 is 0 Å². The van der Waals surface area contributed by atoms with Crippen LogP contribution in [-0.4, -0.2) is 32.2 Å². The Morgan fingerprint density at radius 2 is 1.67 bits per heavy atom. The zero-order chi connectivity index (χ0) is 19.4. The van der Waals surface area contributed by atoms with Crippen molar-refractivity contribution in [2.24, 2.45) is 0 Å². The molecular weight excluding hydrogens is 348 g/mol. The molecule has 1 amide bonds. The molecule has 3 rings (SSSR count). The zero-order valence-corrected chi connectivity index (χ0v) is 15.3. The summed E-state index contributed by atoms with van der Waals surface area (Å²) in [6.45, 7) is 0.196. The number of carbonyl (C=O) groups is 1. The predicted molar refractivity (Wildman–Crippen MR) is 102 cm³/mol. The number of amides is 1. The standard InChI is InChI=1S/C20H20N2O5/c1-25-16-8-12(9-17(26-2)18(16)27-3)11-21-19(23)14-10-13-6-4-5-7-15(13)22-20(14)24/h4-10H,11H2,1-3H3,(H,21,23)(H,22,24). The first-order valence-corrected chi connectivity index (χ1v) is 8.26. The number of fused-ring (bicyclic) bond motifs is 1. The molecule has 140 valence electrons. The number of aromatic nitrogens is 1. The molecule has 27 heavy (non-hydrogen) atoms. The summed E-state index contributed by atoms with van der Waals surface area (Å²) >= 11 is 0. The molecule has 0 fully saturated rings. The van der Waals surface area contributed by atoms with Crippen LogP contribution in [0.1, 0.15) is 15.9 Å². The van der Waals surface area contributed by atoms with Crippen molar-refractivity contribution in [3.05, 3.63) is 63.9 Å². The molecule has 0 aliphatic rings. The molecule has 1 aromatic heterocycles. The van der Waals surface area contributed by atoms with Crippen LogP contribution in [0.5, 0.6) is 17.2 Å². The molecule has 0 aliphatic heterocycles. The van der Waals surface area contributed by atoms with E-state index in [1.807, 2.05) is 18.2 Å². The first kappa shape index (κ1) is 18.3. The normalized spacial score (nSPS) is 10.5. The molecule has 7 heteroatoms. The fourth-order valence-corrected chi connectivity index (χ4v) is 2.83. The molecular formula is C20H20N2O5. The zero-order valence-electron chi connectivity index (χ0n) is 15.3. The molecule has 0 bridgehead atoms. The number of H-pyrrole nitrogens is 1. The third kappa shape index (κ3) is 3.72. The lowest BCUT2D eigenvalue weighted by Gasteiger charge is -2.14. The van der Waals surface area contributed by atoms with Gasteiger partial charge >= 0.3 is 0 Å². The Bertz CT molecular complexity index is 1020. The summed E-state index contributed by atoms with van der Waals surface area (Å²) in [4.78, 5) is 27.4. The number of pyridine rings is 1. The van der Waals surface area contributed by atoms with Crippen LogP contribution < -0.4 is 25.1 Å². The van der Waals surface area contributed by atoms with Gasteiger partial charge in [-0.15, -0.1) is 0 Å². The molecule has 0 radical (unpaired) electrons. The van der Waals surface area contributed by atoms with Crippen LogP contribution in [0.3, 0.4) is 0 Å². The van der Waals surface area contributed by atoms with Gasteiger partial charge in [-0.25, -0.2) is 0 Å². The minimum atomic E-state index is -0.462. The monoisotopic (exact) mass is 368 g/mol. The van der Waals surface area contributed by atoms with E-state index in [9.17, 15) is 9.59 Å². The summed E-state index contributed by atoms with van der Waals surface area (Å²) in [6.07, 6.45) is 0. The van der Waals surface area contributed by atoms with Gasteiger partial charge in [-0.2, -0.15) is 0 Å². The summed E-state index contributed by atoms with van der Waals surface area (Å²) in [6, 6.07) is 12.4. The van der Waals surface area contributed by atoms with Gasteiger partial charge in [0, 0.05) is 12.1 Å². The van der Waals surface area contributed by atoms with Crippen molar-refractivity contribution >= 4 is 16.8 Å². The lowest BCUT2D eigenvalue weighted by molar-refractivity contribution is 0.0949. The number of hydrogen-bond acceptors (Lipinski definition) is 5. The first-order chi connectivity index (χ1) is 13.1. The van der Waals surface area contributed by atoms with Gasteiger partial charge in [0.15, 0.2) is 11.5 Å². The molecule has 0 spiro atoms. The fourth-order valence-electron chi connectivity index (χ4n) is 2.83. The van der Waals surface area contributed by atoms with E-state index in [-0.39, 0.29) is 12.1 Å². The van der Waals surface area contributed by atoms with Crippen LogP contribution in [0, 0.1) is 0 Å². The number of hydrogen-bond donors (Lipinski definition) is 2. The van der Waals surface area contributed by atoms with E-state index in [0.29, 0.717) is 22.8 Å². The van der Waals surface area contributed by atoms with E-state index in [0.717, 1.165) is 10.9 Å². The van der Waals surface area contributed by atoms with Crippen molar-refractivity contribution in [2.45, 2.75) is 6.54 Å². The topological polar surface area (TPSA) is 89.7 Å². The Balaban J connectivity index is 1.84. The summed E-state index contributed by atoms with van der Waals surface area (Å²) in [5.74, 6) is 0.992. The summed E-state index contributed by atoms with van der Waals surface area (Å²) in [5, 5.41) is 3.54. The Morgan fingerprint density at radius 3 is 2.30 bits per heavy atom. The van der Waals surface area contributed by atoms with Crippen LogP contribution in [0.2, 0.25) is 0 Å². The average Bonchev–Trinajstić information content (AvgIpc) is 2.70. The van der Waals surface area contributed by atoms with Crippen molar-refractivity contribution < 1.29 is 19.0 Å². The van der Waals surface area contributed by atoms with Crippen molar-refractivity contribution in [1.29, 1.82) is 0 Å². The Morgan fingerprint density at radius 1 is 1.00 bits per heavy atom. The van der Waals surface area contributed by atoms with Gasteiger partial charge in [0.25, 0.3) is 11.5 Å². The second-order valence-electron chi connectivity index (χ2n) is 5.82. The highest BCUT2D eigenvalue weighted by atomic mass is 16.5. The minimum Gasteiger partial charge on any atom is -0.493 e. The quantitative estimate of drug-likeness (QED) is 0.698. The van der Waals surface area contributed by atoms with Crippen LogP contribution in [0.25, 0.3) is 10.9 Å². The van der Waals surface area contributed by atoms with Crippen LogP contribution in [-0.2, 0) is 6.54 Å². The summed E-state index contributed by atoms with van der Waals surface area (Å²) < 4.78 is 15.9. The summed E-state index contributed by atoms with van der Waals surface area (Å²) in [7, 11) is 4.57. The number of methoxy groups -OCH3 is 3. The largest absolute Gasteiger partial charge is 0.493 e. The Kier molecular flexibility index (Phi) is 5.30. The number of ether oxygens (including phenoxy) is 3. The van der Waals surface area contributed by atoms with Gasteiger partial charge in [0.05, 0.1) is 21.3 Å². The van der Waals surface area contributed by atoms with Gasteiger partial charge in [-0.05, 0) is 35.2 Å². The van der Waals surface area contributed by atoms with Crippen molar-refractivity contribution in [3.8, 4) is 17.2 Å². The summed E-state index contributed by atoms with van der Waals surface area (Å²) in [5.41, 5.74) is 1.05. The predicted octanol–water partition coefficient (Wildman–Crippen LogP) is 2.48. The van der Waals surface area contributed by atoms with E-state index in [4.69, 9.17) is 14.2 Å². The van der Waals surface area contributed by atoms with Gasteiger partial charge in [-0.1, -0.05) is 18.2 Å². The molecule has 1 heterocycles. The minimum absolute atomic E-state index is 0.0566. The highest BCUT2D eigenvalue weighted by Crippen LogP contribution is 2.38. The van der Waals surface area contributed by atoms with E-state index in [1.165, 1.54) is 21.3 Å². The lowest BCUT2D eigenvalue weighted by Crippen LogP contribution is -2.29. The van der Waals surface area contributed by atoms with Crippen molar-refractivity contribution in [1.82, 2.24) is 10.3 Å². The smallest absolute Gasteiger partial charge is 0.261 e. The second-order valence-corrected chi connectivity index (χ2v) is 5.82. The van der Waals surface area contributed by atoms with Crippen molar-refractivity contribution in [3.63, 3.8) is 0 Å². The number of aromatic amines is 1. The van der Waals surface area contributed by atoms with Crippen LogP contribution in [0.15, 0.2) is 47.3 Å². The molecule has 7 nitrogen and oxygen atoms in total. The molecule has 0 atom stereocenters. The number of para-hydroxylation sites is 1. The molecule has 3 aromatic rings. The van der Waals surface area contributed by atoms with Gasteiger partial charge in [0.1, 0.15) is 5.56 Å². The number of nitrogens with one attached hydrogen (secondary N) is 2. The number of carbonyl (C=O) groups excluding carboxylic acids is 1. The Hall–Kier alpha value is -3.48. The number of benzene rings is 2. The highest BCUT2D eigenvalue weighted by Gasteiger charge is 2.15. The SMILES string of the molecule is COc1cc(CNC(=O)c2cc3ccccc3[nH]c2=O)cc(OC)c1OC. The molecule has 0 saturated heterocycles. The maximum Gasteiger partial charge on any atom is 0.261 e. The van der Waals surface area contributed by atoms with E-state index >= 15 is 0 Å². The van der Waals surface area contributed by atoms with Gasteiger partial charge in [0.2, 0.25) is 5.75 Å². The lowest BCUT2D eigenvalue weighted by atomic mass is 10.1. The molecule has 2 N–H and O–H groups in total. The third-order valence-corrected chi connectivity index (χ3v) is 4.18. The van der Waals surface area contributed by atoms with E-state index < -0.39 is 11.5 Å². The average molecular weight is 368 g/mol. The van der Waals surface area contributed by atoms with Crippen molar-refractivity contribution in [2.75, 3.05) is 21.3 Å². The van der Waals surface area contributed by atoms with Crippen LogP contribution in [0.4, 0.5) is 0 Å². The second kappa shape index (κ2) is 7.82. The maximum absolute atomic E-state index is 12.5. The Labute approximate surface area is 155 Å². The van der Waals surface area contributed by atoms with E-state index in [2.05, 4.69) is 10.3 Å².